The van der Waals surface area contributed by atoms with Crippen LogP contribution in [0.3, 0.4) is 0 Å². The molecule has 1 aliphatic heterocycles. The first-order chi connectivity index (χ1) is 13.8. The molecular formula is C20H23ClN2O5S. The highest BCUT2D eigenvalue weighted by molar-refractivity contribution is 7.89. The second kappa shape index (κ2) is 9.47. The molecule has 1 heterocycles. The molecule has 0 aliphatic carbocycles. The topological polar surface area (TPSA) is 93.7 Å². The summed E-state index contributed by atoms with van der Waals surface area (Å²) < 4.78 is 38.5. The Morgan fingerprint density at radius 2 is 1.79 bits per heavy atom. The van der Waals surface area contributed by atoms with Gasteiger partial charge in [-0.2, -0.15) is 0 Å². The van der Waals surface area contributed by atoms with Crippen LogP contribution in [0.5, 0.6) is 11.5 Å². The quantitative estimate of drug-likeness (QED) is 0.693. The van der Waals surface area contributed by atoms with Crippen LogP contribution in [0.25, 0.3) is 0 Å². The first-order valence-corrected chi connectivity index (χ1v) is 11.2. The van der Waals surface area contributed by atoms with Gasteiger partial charge in [0.15, 0.2) is 11.5 Å². The summed E-state index contributed by atoms with van der Waals surface area (Å²) in [6.45, 7) is 2.83. The number of carbonyl (C=O) groups is 1. The Morgan fingerprint density at radius 1 is 1.10 bits per heavy atom. The van der Waals surface area contributed by atoms with E-state index in [1.54, 1.807) is 18.2 Å². The molecule has 2 aromatic rings. The molecule has 29 heavy (non-hydrogen) atoms. The van der Waals surface area contributed by atoms with E-state index < -0.39 is 10.0 Å². The summed E-state index contributed by atoms with van der Waals surface area (Å²) in [5, 5.41) is 3.46. The number of amides is 1. The van der Waals surface area contributed by atoms with Crippen LogP contribution < -0.4 is 19.5 Å². The number of fused-ring (bicyclic) bond motifs is 1. The third-order valence-corrected chi connectivity index (χ3v) is 6.13. The number of benzene rings is 2. The van der Waals surface area contributed by atoms with E-state index in [0.717, 1.165) is 12.0 Å². The number of nitrogens with one attached hydrogen (secondary N) is 2. The maximum Gasteiger partial charge on any atom is 0.240 e. The van der Waals surface area contributed by atoms with Gasteiger partial charge in [-0.05, 0) is 36.8 Å². The van der Waals surface area contributed by atoms with E-state index in [-0.39, 0.29) is 29.8 Å². The summed E-state index contributed by atoms with van der Waals surface area (Å²) in [6, 6.07) is 11.4. The van der Waals surface area contributed by atoms with Gasteiger partial charge in [0.25, 0.3) is 0 Å². The Bertz CT molecular complexity index is 963. The molecule has 9 heteroatoms. The maximum atomic E-state index is 12.5. The molecule has 3 rings (SSSR count). The van der Waals surface area contributed by atoms with Gasteiger partial charge in [0, 0.05) is 30.5 Å². The lowest BCUT2D eigenvalue weighted by molar-refractivity contribution is -0.121. The van der Waals surface area contributed by atoms with Gasteiger partial charge in [0.05, 0.1) is 24.2 Å². The molecule has 0 saturated heterocycles. The molecule has 0 radical (unpaired) electrons. The predicted molar refractivity (Wildman–Crippen MR) is 110 cm³/mol. The lowest BCUT2D eigenvalue weighted by atomic mass is 10.1. The van der Waals surface area contributed by atoms with E-state index in [4.69, 9.17) is 21.1 Å². The largest absolute Gasteiger partial charge is 0.490 e. The highest BCUT2D eigenvalue weighted by atomic mass is 35.5. The first kappa shape index (κ1) is 21.4. The van der Waals surface area contributed by atoms with Crippen molar-refractivity contribution in [3.63, 3.8) is 0 Å². The van der Waals surface area contributed by atoms with Crippen molar-refractivity contribution in [2.75, 3.05) is 19.8 Å². The molecule has 0 aromatic heterocycles. The molecular weight excluding hydrogens is 416 g/mol. The number of sulfonamides is 1. The monoisotopic (exact) mass is 438 g/mol. The van der Waals surface area contributed by atoms with Crippen LogP contribution >= 0.6 is 11.6 Å². The maximum absolute atomic E-state index is 12.5. The Labute approximate surface area is 175 Å². The van der Waals surface area contributed by atoms with Gasteiger partial charge in [0.2, 0.25) is 15.9 Å². The molecule has 0 bridgehead atoms. The van der Waals surface area contributed by atoms with Gasteiger partial charge >= 0.3 is 0 Å². The fourth-order valence-corrected chi connectivity index (χ4v) is 4.01. The highest BCUT2D eigenvalue weighted by Gasteiger charge is 2.19. The van der Waals surface area contributed by atoms with E-state index in [9.17, 15) is 13.2 Å². The summed E-state index contributed by atoms with van der Waals surface area (Å²) in [5.74, 6) is 0.672. The zero-order valence-corrected chi connectivity index (χ0v) is 17.6. The summed E-state index contributed by atoms with van der Waals surface area (Å²) in [7, 11) is -3.77. The van der Waals surface area contributed by atoms with Crippen LogP contribution in [0.1, 0.15) is 31.4 Å². The van der Waals surface area contributed by atoms with Crippen LogP contribution in [0.4, 0.5) is 0 Å². The van der Waals surface area contributed by atoms with Gasteiger partial charge in [-0.25, -0.2) is 13.1 Å². The lowest BCUT2D eigenvalue weighted by Crippen LogP contribution is -2.32. The third-order valence-electron chi connectivity index (χ3n) is 4.42. The van der Waals surface area contributed by atoms with E-state index in [2.05, 4.69) is 10.0 Å². The van der Waals surface area contributed by atoms with Crippen molar-refractivity contribution in [1.82, 2.24) is 10.0 Å². The zero-order chi connectivity index (χ0) is 20.9. The van der Waals surface area contributed by atoms with Gasteiger partial charge in [-0.15, -0.1) is 0 Å². The second-order valence-electron chi connectivity index (χ2n) is 6.65. The summed E-state index contributed by atoms with van der Waals surface area (Å²) >= 11 is 5.86. The van der Waals surface area contributed by atoms with E-state index in [1.807, 2.05) is 19.1 Å². The SMILES string of the molecule is CC(NC(=O)CCNS(=O)(=O)c1ccc2c(c1)OCCCO2)c1ccc(Cl)cc1. The molecule has 2 N–H and O–H groups in total. The van der Waals surface area contributed by atoms with Crippen molar-refractivity contribution in [1.29, 1.82) is 0 Å². The normalized spacial score (nSPS) is 14.7. The fourth-order valence-electron chi connectivity index (χ4n) is 2.84. The third kappa shape index (κ3) is 5.85. The van der Waals surface area contributed by atoms with E-state index >= 15 is 0 Å². The van der Waals surface area contributed by atoms with Crippen molar-refractivity contribution < 1.29 is 22.7 Å². The van der Waals surface area contributed by atoms with Crippen molar-refractivity contribution in [3.05, 3.63) is 53.1 Å². The van der Waals surface area contributed by atoms with Crippen LogP contribution in [-0.4, -0.2) is 34.1 Å². The number of rotatable bonds is 7. The summed E-state index contributed by atoms with van der Waals surface area (Å²) in [6.07, 6.45) is 0.750. The molecule has 1 atom stereocenters. The van der Waals surface area contributed by atoms with Gasteiger partial charge < -0.3 is 14.8 Å². The molecule has 0 fully saturated rings. The Balaban J connectivity index is 1.53. The number of hydrogen-bond acceptors (Lipinski definition) is 5. The average molecular weight is 439 g/mol. The number of halogens is 1. The Morgan fingerprint density at radius 3 is 2.52 bits per heavy atom. The molecule has 156 valence electrons. The van der Waals surface area contributed by atoms with Crippen molar-refractivity contribution in [2.45, 2.75) is 30.7 Å². The average Bonchev–Trinajstić information content (AvgIpc) is 2.93. The summed E-state index contributed by atoms with van der Waals surface area (Å²) in [5.41, 5.74) is 0.913. The molecule has 0 saturated carbocycles. The molecule has 1 unspecified atom stereocenters. The number of carbonyl (C=O) groups excluding carboxylic acids is 1. The second-order valence-corrected chi connectivity index (χ2v) is 8.85. The first-order valence-electron chi connectivity index (χ1n) is 9.29. The molecule has 7 nitrogen and oxygen atoms in total. The minimum absolute atomic E-state index is 0.0156. The van der Waals surface area contributed by atoms with Crippen LogP contribution in [0.2, 0.25) is 5.02 Å². The Kier molecular flexibility index (Phi) is 7.00. The van der Waals surface area contributed by atoms with Crippen molar-refractivity contribution >= 4 is 27.5 Å². The zero-order valence-electron chi connectivity index (χ0n) is 16.0. The molecule has 1 aliphatic rings. The van der Waals surface area contributed by atoms with Crippen molar-refractivity contribution in [2.24, 2.45) is 0 Å². The van der Waals surface area contributed by atoms with Gasteiger partial charge in [-0.1, -0.05) is 23.7 Å². The molecule has 1 amide bonds. The minimum atomic E-state index is -3.77. The highest BCUT2D eigenvalue weighted by Crippen LogP contribution is 2.31. The van der Waals surface area contributed by atoms with Gasteiger partial charge in [-0.3, -0.25) is 4.79 Å². The number of hydrogen-bond donors (Lipinski definition) is 2. The van der Waals surface area contributed by atoms with E-state index in [0.29, 0.717) is 29.7 Å². The predicted octanol–water partition coefficient (Wildman–Crippen LogP) is 3.05. The molecule has 2 aromatic carbocycles. The van der Waals surface area contributed by atoms with Crippen LogP contribution in [0, 0.1) is 0 Å². The lowest BCUT2D eigenvalue weighted by Gasteiger charge is -2.15. The van der Waals surface area contributed by atoms with Crippen LogP contribution in [0.15, 0.2) is 47.4 Å². The minimum Gasteiger partial charge on any atom is -0.490 e. The standard InChI is InChI=1S/C20H23ClN2O5S/c1-14(15-3-5-16(21)6-4-15)23-20(24)9-10-22-29(25,26)17-7-8-18-19(13-17)28-12-2-11-27-18/h3-8,13-14,22H,2,9-12H2,1H3,(H,23,24). The smallest absolute Gasteiger partial charge is 0.240 e. The van der Waals surface area contributed by atoms with Gasteiger partial charge in [0.1, 0.15) is 0 Å². The van der Waals surface area contributed by atoms with E-state index in [1.165, 1.54) is 12.1 Å². The van der Waals surface area contributed by atoms with Crippen molar-refractivity contribution in [3.8, 4) is 11.5 Å². The fraction of sp³-hybridized carbons (Fsp3) is 0.350. The molecule has 0 spiro atoms. The Hall–Kier alpha value is -2.29. The number of ether oxygens (including phenoxy) is 2. The van der Waals surface area contributed by atoms with Crippen LogP contribution in [-0.2, 0) is 14.8 Å². The summed E-state index contributed by atoms with van der Waals surface area (Å²) in [4.78, 5) is 12.2.